The molecule has 0 bridgehead atoms. The number of hydrogen-bond acceptors (Lipinski definition) is 6. The molecule has 0 amide bonds. The van der Waals surface area contributed by atoms with Crippen LogP contribution in [-0.4, -0.2) is 24.9 Å². The molecule has 7 nitrogen and oxygen atoms in total. The number of aromatic nitrogens is 4. The number of alkyl halides is 2. The molecule has 0 aliphatic heterocycles. The van der Waals surface area contributed by atoms with Crippen LogP contribution in [0.3, 0.4) is 0 Å². The molecular weight excluding hydrogens is 486 g/mol. The summed E-state index contributed by atoms with van der Waals surface area (Å²) in [6.45, 7) is -0.938. The van der Waals surface area contributed by atoms with E-state index in [0.717, 1.165) is 35.4 Å². The number of H-pyrrole nitrogens is 1. The average Bonchev–Trinajstić information content (AvgIpc) is 3.23. The number of halogens is 4. The normalized spacial score (nSPS) is 13.1. The minimum absolute atomic E-state index is 0.0987. The number of benzene rings is 2. The average molecular weight is 501 g/mol. The zero-order chi connectivity index (χ0) is 25.2. The Bertz CT molecular complexity index is 1450. The van der Waals surface area contributed by atoms with Gasteiger partial charge >= 0.3 is 5.92 Å². The van der Waals surface area contributed by atoms with Crippen molar-refractivity contribution in [2.75, 3.05) is 0 Å². The van der Waals surface area contributed by atoms with Gasteiger partial charge < -0.3 is 9.84 Å². The molecule has 2 N–H and O–H groups in total. The first-order chi connectivity index (χ1) is 16.6. The SMILES string of the molecule is N#Cc1ccc(Oc2ccc(C(F)(F)[C@](O)(Cn3[nH]cnc3=S)c3ccc(F)cc3F)nc2)cc1. The second kappa shape index (κ2) is 9.28. The predicted octanol–water partition coefficient (Wildman–Crippen LogP) is 4.96. The van der Waals surface area contributed by atoms with Crippen LogP contribution in [0.4, 0.5) is 17.6 Å². The largest absolute Gasteiger partial charge is 0.456 e. The van der Waals surface area contributed by atoms with E-state index in [9.17, 15) is 13.9 Å². The van der Waals surface area contributed by atoms with Crippen LogP contribution in [-0.2, 0) is 18.1 Å². The van der Waals surface area contributed by atoms with E-state index in [0.29, 0.717) is 17.4 Å². The molecule has 4 aromatic rings. The summed E-state index contributed by atoms with van der Waals surface area (Å²) in [4.78, 5) is 7.44. The van der Waals surface area contributed by atoms with Crippen molar-refractivity contribution >= 4 is 12.2 Å². The van der Waals surface area contributed by atoms with Crippen molar-refractivity contribution in [1.82, 2.24) is 19.7 Å². The smallest absolute Gasteiger partial charge is 0.323 e. The Morgan fingerprint density at radius 2 is 1.77 bits per heavy atom. The van der Waals surface area contributed by atoms with Crippen LogP contribution in [0, 0.1) is 27.7 Å². The van der Waals surface area contributed by atoms with E-state index < -0.39 is 41.0 Å². The first kappa shape index (κ1) is 24.1. The quantitative estimate of drug-likeness (QED) is 0.274. The summed E-state index contributed by atoms with van der Waals surface area (Å²) < 4.78 is 66.0. The first-order valence-electron chi connectivity index (χ1n) is 9.94. The zero-order valence-electron chi connectivity index (χ0n) is 17.6. The molecular formula is C23H15F4N5O2S. The van der Waals surface area contributed by atoms with Crippen molar-refractivity contribution in [2.24, 2.45) is 0 Å². The van der Waals surface area contributed by atoms with E-state index in [4.69, 9.17) is 22.2 Å². The molecule has 2 aromatic carbocycles. The number of rotatable bonds is 7. The first-order valence-corrected chi connectivity index (χ1v) is 10.4. The lowest BCUT2D eigenvalue weighted by molar-refractivity contribution is -0.207. The Kier molecular flexibility index (Phi) is 6.38. The number of nitrogens with zero attached hydrogens (tertiary/aromatic N) is 4. The van der Waals surface area contributed by atoms with Crippen LogP contribution in [0.15, 0.2) is 67.1 Å². The van der Waals surface area contributed by atoms with Crippen molar-refractivity contribution < 1.29 is 27.4 Å². The predicted molar refractivity (Wildman–Crippen MR) is 117 cm³/mol. The van der Waals surface area contributed by atoms with Crippen molar-refractivity contribution in [1.29, 1.82) is 5.26 Å². The second-order valence-electron chi connectivity index (χ2n) is 7.43. The van der Waals surface area contributed by atoms with Crippen LogP contribution >= 0.6 is 12.2 Å². The van der Waals surface area contributed by atoms with Gasteiger partial charge in [-0.15, -0.1) is 0 Å². The van der Waals surface area contributed by atoms with Gasteiger partial charge in [0.1, 0.15) is 35.2 Å². The lowest BCUT2D eigenvalue weighted by atomic mass is 9.84. The monoisotopic (exact) mass is 501 g/mol. The number of nitriles is 1. The Hall–Kier alpha value is -4.08. The highest BCUT2D eigenvalue weighted by Gasteiger charge is 2.58. The molecule has 178 valence electrons. The maximum Gasteiger partial charge on any atom is 0.323 e. The summed E-state index contributed by atoms with van der Waals surface area (Å²) in [7, 11) is 0. The van der Waals surface area contributed by atoms with E-state index in [-0.39, 0.29) is 10.5 Å². The minimum Gasteiger partial charge on any atom is -0.456 e. The molecule has 12 heteroatoms. The van der Waals surface area contributed by atoms with E-state index >= 15 is 8.78 Å². The molecule has 0 aliphatic rings. The Balaban J connectivity index is 1.71. The van der Waals surface area contributed by atoms with Crippen LogP contribution in [0.1, 0.15) is 16.8 Å². The van der Waals surface area contributed by atoms with Gasteiger partial charge in [-0.1, -0.05) is 0 Å². The lowest BCUT2D eigenvalue weighted by Gasteiger charge is -2.36. The third kappa shape index (κ3) is 4.64. The number of pyridine rings is 1. The topological polar surface area (TPSA) is 99.8 Å². The molecule has 0 radical (unpaired) electrons. The number of ether oxygens (including phenoxy) is 1. The summed E-state index contributed by atoms with van der Waals surface area (Å²) in [5.41, 5.74) is -4.59. The van der Waals surface area contributed by atoms with E-state index in [1.54, 1.807) is 0 Å². The molecule has 0 fully saturated rings. The number of aromatic amines is 1. The van der Waals surface area contributed by atoms with Crippen molar-refractivity contribution in [3.63, 3.8) is 0 Å². The van der Waals surface area contributed by atoms with Gasteiger partial charge in [0.25, 0.3) is 0 Å². The Labute approximate surface area is 200 Å². The molecule has 0 saturated heterocycles. The van der Waals surface area contributed by atoms with Crippen LogP contribution < -0.4 is 4.74 Å². The Morgan fingerprint density at radius 3 is 2.34 bits per heavy atom. The fourth-order valence-electron chi connectivity index (χ4n) is 3.37. The van der Waals surface area contributed by atoms with Crippen molar-refractivity contribution in [3.8, 4) is 17.6 Å². The fourth-order valence-corrected chi connectivity index (χ4v) is 3.54. The van der Waals surface area contributed by atoms with E-state index in [1.165, 1.54) is 30.3 Å². The highest BCUT2D eigenvalue weighted by Crippen LogP contribution is 2.47. The highest BCUT2D eigenvalue weighted by atomic mass is 32.1. The van der Waals surface area contributed by atoms with Crippen LogP contribution in [0.5, 0.6) is 11.5 Å². The van der Waals surface area contributed by atoms with E-state index in [1.807, 2.05) is 6.07 Å². The van der Waals surface area contributed by atoms with Crippen molar-refractivity contribution in [3.05, 3.63) is 100 Å². The maximum atomic E-state index is 15.8. The van der Waals surface area contributed by atoms with Gasteiger partial charge in [-0.2, -0.15) is 14.0 Å². The van der Waals surface area contributed by atoms with E-state index in [2.05, 4.69) is 15.1 Å². The lowest BCUT2D eigenvalue weighted by Crippen LogP contribution is -2.48. The van der Waals surface area contributed by atoms with Gasteiger partial charge in [0.15, 0.2) is 5.60 Å². The maximum absolute atomic E-state index is 15.8. The second-order valence-corrected chi connectivity index (χ2v) is 7.80. The summed E-state index contributed by atoms with van der Waals surface area (Å²) in [5.74, 6) is -6.12. The molecule has 0 unspecified atom stereocenters. The van der Waals surface area contributed by atoms with Gasteiger partial charge in [-0.25, -0.2) is 13.8 Å². The Morgan fingerprint density at radius 1 is 1.06 bits per heavy atom. The number of hydrogen-bond donors (Lipinski definition) is 2. The third-order valence-corrected chi connectivity index (χ3v) is 5.51. The number of aliphatic hydroxyl groups is 1. The van der Waals surface area contributed by atoms with Crippen LogP contribution in [0.2, 0.25) is 0 Å². The van der Waals surface area contributed by atoms with Gasteiger partial charge in [-0.3, -0.25) is 14.8 Å². The summed E-state index contributed by atoms with van der Waals surface area (Å²) >= 11 is 4.95. The molecule has 0 spiro atoms. The summed E-state index contributed by atoms with van der Waals surface area (Å²) in [6.07, 6.45) is 2.13. The third-order valence-electron chi connectivity index (χ3n) is 5.18. The summed E-state index contributed by atoms with van der Waals surface area (Å²) in [6, 6.07) is 12.0. The van der Waals surface area contributed by atoms with Gasteiger partial charge in [-0.05, 0) is 60.7 Å². The van der Waals surface area contributed by atoms with Gasteiger partial charge in [0.2, 0.25) is 4.77 Å². The fraction of sp³-hybridized carbons (Fsp3) is 0.130. The summed E-state index contributed by atoms with van der Waals surface area (Å²) in [5, 5.41) is 22.6. The van der Waals surface area contributed by atoms with Gasteiger partial charge in [0, 0.05) is 11.6 Å². The van der Waals surface area contributed by atoms with Crippen LogP contribution in [0.25, 0.3) is 0 Å². The molecule has 0 saturated carbocycles. The standard InChI is InChI=1S/C23H15F4N5O2S/c24-15-3-7-18(19(25)9-15)22(33,12-32-21(35)30-13-31-32)23(26,27)20-8-6-17(11-29-20)34-16-4-1-14(10-28)2-5-16/h1-9,11,13,33H,12H2,(H,30,31,35)/t22-/m0/s1. The number of nitrogens with one attached hydrogen (secondary N) is 1. The van der Waals surface area contributed by atoms with Crippen molar-refractivity contribution in [2.45, 2.75) is 18.1 Å². The molecule has 2 heterocycles. The molecule has 4 rings (SSSR count). The highest BCUT2D eigenvalue weighted by molar-refractivity contribution is 7.71. The molecule has 0 aliphatic carbocycles. The molecule has 1 atom stereocenters. The zero-order valence-corrected chi connectivity index (χ0v) is 18.4. The molecule has 2 aromatic heterocycles. The molecule has 35 heavy (non-hydrogen) atoms. The minimum atomic E-state index is -4.18. The van der Waals surface area contributed by atoms with Gasteiger partial charge in [0.05, 0.1) is 24.4 Å².